The summed E-state index contributed by atoms with van der Waals surface area (Å²) in [4.78, 5) is 29.2. The molecule has 6 nitrogen and oxygen atoms in total. The Labute approximate surface area is 148 Å². The summed E-state index contributed by atoms with van der Waals surface area (Å²) in [5, 5.41) is 0. The number of hydrogen-bond donors (Lipinski definition) is 0. The molecule has 1 aliphatic heterocycles. The zero-order chi connectivity index (χ0) is 17.8. The number of aromatic nitrogens is 3. The third-order valence-corrected chi connectivity index (χ3v) is 4.60. The maximum absolute atomic E-state index is 11.8. The van der Waals surface area contributed by atoms with Crippen LogP contribution in [0.1, 0.15) is 42.4 Å². The van der Waals surface area contributed by atoms with Crippen molar-refractivity contribution >= 4 is 11.7 Å². The second kappa shape index (κ2) is 7.59. The van der Waals surface area contributed by atoms with Crippen LogP contribution in [0.15, 0.2) is 30.6 Å². The van der Waals surface area contributed by atoms with Crippen LogP contribution in [0.3, 0.4) is 0 Å². The fraction of sp³-hybridized carbons (Fsp3) is 0.474. The molecular weight excluding hydrogens is 314 g/mol. The van der Waals surface area contributed by atoms with Gasteiger partial charge < -0.3 is 9.80 Å². The summed E-state index contributed by atoms with van der Waals surface area (Å²) < 4.78 is 0. The van der Waals surface area contributed by atoms with Gasteiger partial charge in [-0.25, -0.2) is 9.97 Å². The van der Waals surface area contributed by atoms with Crippen LogP contribution >= 0.6 is 0 Å². The smallest absolute Gasteiger partial charge is 0.222 e. The lowest BCUT2D eigenvalue weighted by atomic mass is 10.1. The number of rotatable bonds is 5. The number of nitrogens with zero attached hydrogens (tertiary/aromatic N) is 5. The van der Waals surface area contributed by atoms with Crippen LogP contribution in [0.2, 0.25) is 0 Å². The molecule has 2 aromatic heterocycles. The highest BCUT2D eigenvalue weighted by Crippen LogP contribution is 2.34. The second-order valence-electron chi connectivity index (χ2n) is 6.71. The van der Waals surface area contributed by atoms with Gasteiger partial charge in [0, 0.05) is 44.5 Å². The van der Waals surface area contributed by atoms with E-state index in [9.17, 15) is 4.79 Å². The van der Waals surface area contributed by atoms with E-state index in [1.165, 1.54) is 0 Å². The number of aryl methyl sites for hydroxylation is 2. The largest absolute Gasteiger partial charge is 0.349 e. The van der Waals surface area contributed by atoms with Gasteiger partial charge in [0.1, 0.15) is 12.1 Å². The molecule has 0 N–H and O–H groups in total. The molecule has 1 fully saturated rings. The Morgan fingerprint density at radius 3 is 2.92 bits per heavy atom. The zero-order valence-corrected chi connectivity index (χ0v) is 15.1. The van der Waals surface area contributed by atoms with Gasteiger partial charge >= 0.3 is 0 Å². The molecule has 1 aliphatic rings. The summed E-state index contributed by atoms with van der Waals surface area (Å²) in [6, 6.07) is 8.38. The highest BCUT2D eigenvalue weighted by molar-refractivity contribution is 5.75. The molecule has 3 rings (SSSR count). The summed E-state index contributed by atoms with van der Waals surface area (Å²) in [5.74, 6) is 1.09. The molecule has 0 bridgehead atoms. The Kier molecular flexibility index (Phi) is 5.26. The van der Waals surface area contributed by atoms with Gasteiger partial charge in [-0.05, 0) is 38.3 Å². The first-order valence-corrected chi connectivity index (χ1v) is 8.76. The van der Waals surface area contributed by atoms with E-state index in [2.05, 4.69) is 20.9 Å². The van der Waals surface area contributed by atoms with Crippen molar-refractivity contribution in [3.63, 3.8) is 0 Å². The Balaban J connectivity index is 1.76. The average Bonchev–Trinajstić information content (AvgIpc) is 3.09. The van der Waals surface area contributed by atoms with Crippen molar-refractivity contribution in [3.8, 4) is 0 Å². The van der Waals surface area contributed by atoms with Crippen LogP contribution in [0, 0.1) is 6.92 Å². The lowest BCUT2D eigenvalue weighted by molar-refractivity contribution is -0.128. The first kappa shape index (κ1) is 17.3. The molecule has 132 valence electrons. The molecule has 1 amide bonds. The standard InChI is InChI=1S/C19H25N5O/c1-14-12-18(21-13-20-14)24-11-5-8-17(24)16-7-4-6-15(22-16)9-10-19(25)23(2)3/h4,6-7,12-13,17H,5,8-11H2,1-3H3. The maximum Gasteiger partial charge on any atom is 0.222 e. The minimum atomic E-state index is 0.131. The zero-order valence-electron chi connectivity index (χ0n) is 15.1. The van der Waals surface area contributed by atoms with Gasteiger partial charge in [-0.15, -0.1) is 0 Å². The molecule has 1 unspecified atom stereocenters. The van der Waals surface area contributed by atoms with Crippen molar-refractivity contribution in [3.05, 3.63) is 47.7 Å². The highest BCUT2D eigenvalue weighted by Gasteiger charge is 2.28. The van der Waals surface area contributed by atoms with E-state index in [1.54, 1.807) is 25.3 Å². The van der Waals surface area contributed by atoms with E-state index in [0.29, 0.717) is 12.8 Å². The van der Waals surface area contributed by atoms with Crippen molar-refractivity contribution < 1.29 is 4.79 Å². The normalized spacial score (nSPS) is 16.9. The summed E-state index contributed by atoms with van der Waals surface area (Å²) in [5.41, 5.74) is 3.00. The number of hydrogen-bond acceptors (Lipinski definition) is 5. The molecule has 0 aliphatic carbocycles. The monoisotopic (exact) mass is 339 g/mol. The van der Waals surface area contributed by atoms with Crippen molar-refractivity contribution in [2.75, 3.05) is 25.5 Å². The second-order valence-corrected chi connectivity index (χ2v) is 6.71. The number of pyridine rings is 1. The van der Waals surface area contributed by atoms with Crippen molar-refractivity contribution in [2.45, 2.75) is 38.6 Å². The SMILES string of the molecule is Cc1cc(N2CCCC2c2cccc(CCC(=O)N(C)C)n2)ncn1. The molecule has 6 heteroatoms. The quantitative estimate of drug-likeness (QED) is 0.838. The summed E-state index contributed by atoms with van der Waals surface area (Å²) >= 11 is 0. The average molecular weight is 339 g/mol. The molecular formula is C19H25N5O. The molecule has 0 radical (unpaired) electrons. The lowest BCUT2D eigenvalue weighted by Crippen LogP contribution is -2.25. The van der Waals surface area contributed by atoms with E-state index >= 15 is 0 Å². The topological polar surface area (TPSA) is 62.2 Å². The predicted octanol–water partition coefficient (Wildman–Crippen LogP) is 2.54. The fourth-order valence-corrected chi connectivity index (χ4v) is 3.23. The highest BCUT2D eigenvalue weighted by atomic mass is 16.2. The van der Waals surface area contributed by atoms with Crippen molar-refractivity contribution in [1.29, 1.82) is 0 Å². The van der Waals surface area contributed by atoms with Crippen LogP contribution in [-0.4, -0.2) is 46.4 Å². The molecule has 1 saturated heterocycles. The van der Waals surface area contributed by atoms with Gasteiger partial charge in [-0.3, -0.25) is 9.78 Å². The predicted molar refractivity (Wildman–Crippen MR) is 97.3 cm³/mol. The molecule has 25 heavy (non-hydrogen) atoms. The van der Waals surface area contributed by atoms with Crippen molar-refractivity contribution in [2.24, 2.45) is 0 Å². The number of carbonyl (C=O) groups excluding carboxylic acids is 1. The van der Waals surface area contributed by atoms with E-state index < -0.39 is 0 Å². The van der Waals surface area contributed by atoms with Gasteiger partial charge in [0.05, 0.1) is 11.7 Å². The lowest BCUT2D eigenvalue weighted by Gasteiger charge is -2.25. The summed E-state index contributed by atoms with van der Waals surface area (Å²) in [7, 11) is 3.57. The summed E-state index contributed by atoms with van der Waals surface area (Å²) in [6.45, 7) is 2.96. The van der Waals surface area contributed by atoms with Gasteiger partial charge in [-0.2, -0.15) is 0 Å². The van der Waals surface area contributed by atoms with E-state index in [1.807, 2.05) is 25.1 Å². The number of anilines is 1. The Morgan fingerprint density at radius 1 is 1.32 bits per heavy atom. The summed E-state index contributed by atoms with van der Waals surface area (Å²) in [6.07, 6.45) is 4.97. The molecule has 0 aromatic carbocycles. The van der Waals surface area contributed by atoms with Crippen LogP contribution in [0.25, 0.3) is 0 Å². The molecule has 0 saturated carbocycles. The van der Waals surface area contributed by atoms with E-state index in [-0.39, 0.29) is 11.9 Å². The van der Waals surface area contributed by atoms with Crippen LogP contribution in [0.4, 0.5) is 5.82 Å². The Hall–Kier alpha value is -2.50. The Bertz CT molecular complexity index is 746. The third kappa shape index (κ3) is 4.13. The van der Waals surface area contributed by atoms with Crippen LogP contribution in [0.5, 0.6) is 0 Å². The molecule has 2 aromatic rings. The molecule has 3 heterocycles. The van der Waals surface area contributed by atoms with Gasteiger partial charge in [0.15, 0.2) is 0 Å². The van der Waals surface area contributed by atoms with Crippen molar-refractivity contribution in [1.82, 2.24) is 19.9 Å². The first-order chi connectivity index (χ1) is 12.0. The van der Waals surface area contributed by atoms with Gasteiger partial charge in [0.2, 0.25) is 5.91 Å². The van der Waals surface area contributed by atoms with Crippen LogP contribution < -0.4 is 4.90 Å². The number of carbonyl (C=O) groups is 1. The first-order valence-electron chi connectivity index (χ1n) is 8.76. The van der Waals surface area contributed by atoms with E-state index in [0.717, 1.165) is 42.3 Å². The minimum Gasteiger partial charge on any atom is -0.349 e. The third-order valence-electron chi connectivity index (χ3n) is 4.60. The van der Waals surface area contributed by atoms with Crippen LogP contribution in [-0.2, 0) is 11.2 Å². The van der Waals surface area contributed by atoms with Gasteiger partial charge in [-0.1, -0.05) is 6.07 Å². The van der Waals surface area contributed by atoms with Gasteiger partial charge in [0.25, 0.3) is 0 Å². The Morgan fingerprint density at radius 2 is 2.16 bits per heavy atom. The molecule has 0 spiro atoms. The minimum absolute atomic E-state index is 0.131. The number of amides is 1. The fourth-order valence-electron chi connectivity index (χ4n) is 3.23. The van der Waals surface area contributed by atoms with E-state index in [4.69, 9.17) is 4.98 Å². The molecule has 1 atom stereocenters. The maximum atomic E-state index is 11.8.